The standard InChI is InChI=1S/C55H81N3O10/c1-11-15-41-28-34(3)27-35(4)29-48(65-9)51-49(66-10)31-38(7)55(63,68-51)52(60)53(61)58-25-14-13-16-45(58)54(62)67-50(36(5)17-22-46(41)59)37(6)30-39-18-20-43(47(32-39)64-8)56-42-19-21-44-40(33-42)23-26-57(44)24-12-2/h11,19,21,23,26,28,30,33,35-36,38-39,41,43,45,47-51,56,63H,1,12-18,20,22,24-25,27,29,31-32H2,2-10H3/b34-28+,37-30?. The Morgan fingerprint density at radius 3 is 2.40 bits per heavy atom. The van der Waals surface area contributed by atoms with E-state index in [4.69, 9.17) is 23.7 Å². The van der Waals surface area contributed by atoms with E-state index in [1.54, 1.807) is 34.3 Å². The number of piperidine rings is 1. The first-order valence-corrected chi connectivity index (χ1v) is 25.4. The number of aryl methyl sites for hydroxylation is 1. The number of nitrogens with zero attached hydrogens (tertiary/aromatic N) is 2. The van der Waals surface area contributed by atoms with Gasteiger partial charge in [0, 0.05) is 75.5 Å². The van der Waals surface area contributed by atoms with Crippen molar-refractivity contribution in [3.05, 3.63) is 66.4 Å². The van der Waals surface area contributed by atoms with Gasteiger partial charge in [0.1, 0.15) is 24.0 Å². The Morgan fingerprint density at radius 2 is 1.69 bits per heavy atom. The second kappa shape index (κ2) is 24.1. The fraction of sp³-hybridized carbons (Fsp3) is 0.673. The van der Waals surface area contributed by atoms with Crippen LogP contribution in [0.4, 0.5) is 5.69 Å². The predicted octanol–water partition coefficient (Wildman–Crippen LogP) is 9.15. The molecule has 2 N–H and O–H groups in total. The lowest BCUT2D eigenvalue weighted by atomic mass is 9.81. The van der Waals surface area contributed by atoms with Crippen molar-refractivity contribution in [2.75, 3.05) is 33.2 Å². The summed E-state index contributed by atoms with van der Waals surface area (Å²) in [5.74, 6) is -6.32. The lowest BCUT2D eigenvalue weighted by Gasteiger charge is -2.47. The topological polar surface area (TPSA) is 155 Å². The number of amides is 1. The second-order valence-electron chi connectivity index (χ2n) is 20.6. The molecule has 13 nitrogen and oxygen atoms in total. The number of hydrogen-bond donors (Lipinski definition) is 2. The molecular weight excluding hydrogens is 863 g/mol. The molecule has 1 aromatic heterocycles. The van der Waals surface area contributed by atoms with Crippen LogP contribution in [-0.2, 0) is 49.4 Å². The van der Waals surface area contributed by atoms with E-state index in [0.717, 1.165) is 49.1 Å². The zero-order valence-electron chi connectivity index (χ0n) is 42.4. The molecule has 68 heavy (non-hydrogen) atoms. The molecule has 4 aliphatic rings. The molecule has 1 aromatic carbocycles. The molecule has 3 aliphatic heterocycles. The maximum absolute atomic E-state index is 14.6. The van der Waals surface area contributed by atoms with Crippen LogP contribution < -0.4 is 5.32 Å². The number of ether oxygens (including phenoxy) is 5. The number of rotatable bonds is 11. The minimum atomic E-state index is -2.48. The van der Waals surface area contributed by atoms with Gasteiger partial charge in [0.15, 0.2) is 0 Å². The van der Waals surface area contributed by atoms with Crippen molar-refractivity contribution in [1.82, 2.24) is 9.47 Å². The summed E-state index contributed by atoms with van der Waals surface area (Å²) in [7, 11) is 4.87. The number of hydrogen-bond acceptors (Lipinski definition) is 11. The highest BCUT2D eigenvalue weighted by Crippen LogP contribution is 2.40. The quantitative estimate of drug-likeness (QED) is 0.126. The van der Waals surface area contributed by atoms with Gasteiger partial charge in [-0.1, -0.05) is 51.5 Å². The monoisotopic (exact) mass is 944 g/mol. The van der Waals surface area contributed by atoms with Crippen LogP contribution in [0.1, 0.15) is 125 Å². The van der Waals surface area contributed by atoms with Gasteiger partial charge in [-0.2, -0.15) is 0 Å². The summed E-state index contributed by atoms with van der Waals surface area (Å²) in [5, 5.41) is 17.1. The molecule has 2 aromatic rings. The van der Waals surface area contributed by atoms with Gasteiger partial charge >= 0.3 is 5.97 Å². The zero-order chi connectivity index (χ0) is 49.3. The summed E-state index contributed by atoms with van der Waals surface area (Å²) in [4.78, 5) is 58.8. The molecular formula is C55H81N3O10. The SMILES string of the molecule is C=CCC1/C=C(\C)CC(C)CC(OC)C2OC(O)(C(=O)C(=O)N3CCCCC3C(=O)OC(C(C)=CC3CCC(Nc4ccc5c(ccn5CCC)c4)C(OC)C3)C(C)CCC1=O)C(C)CC2OC. The van der Waals surface area contributed by atoms with Crippen molar-refractivity contribution >= 4 is 40.0 Å². The number of fused-ring (bicyclic) bond motifs is 4. The Hall–Kier alpha value is -4.14. The van der Waals surface area contributed by atoms with E-state index < -0.39 is 59.8 Å². The normalized spacial score (nSPS) is 35.2. The van der Waals surface area contributed by atoms with Crippen LogP contribution in [0.3, 0.4) is 0 Å². The highest BCUT2D eigenvalue weighted by atomic mass is 16.7. The number of allylic oxidation sites excluding steroid dienone is 4. The summed E-state index contributed by atoms with van der Waals surface area (Å²) in [6.45, 7) is 17.1. The number of cyclic esters (lactones) is 1. The van der Waals surface area contributed by atoms with Crippen LogP contribution in [0.15, 0.2) is 66.4 Å². The second-order valence-corrected chi connectivity index (χ2v) is 20.6. The molecule has 0 radical (unpaired) electrons. The Morgan fingerprint density at radius 1 is 0.956 bits per heavy atom. The predicted molar refractivity (Wildman–Crippen MR) is 265 cm³/mol. The minimum absolute atomic E-state index is 0.0631. The van der Waals surface area contributed by atoms with Gasteiger partial charge in [0.05, 0.1) is 24.4 Å². The average molecular weight is 944 g/mol. The van der Waals surface area contributed by atoms with Gasteiger partial charge in [-0.3, -0.25) is 14.4 Å². The Kier molecular flexibility index (Phi) is 18.9. The fourth-order valence-electron chi connectivity index (χ4n) is 11.6. The van der Waals surface area contributed by atoms with Crippen molar-refractivity contribution in [3.63, 3.8) is 0 Å². The van der Waals surface area contributed by atoms with E-state index in [0.29, 0.717) is 44.9 Å². The summed E-state index contributed by atoms with van der Waals surface area (Å²) in [6, 6.07) is 7.75. The van der Waals surface area contributed by atoms with E-state index in [1.807, 2.05) is 20.8 Å². The van der Waals surface area contributed by atoms with E-state index in [2.05, 4.69) is 72.9 Å². The number of esters is 1. The molecule has 2 bridgehead atoms. The smallest absolute Gasteiger partial charge is 0.329 e. The molecule has 3 fully saturated rings. The lowest BCUT2D eigenvalue weighted by Crippen LogP contribution is -2.64. The number of Topliss-reactive ketones (excluding diaryl/α,β-unsaturated/α-hetero) is 2. The first kappa shape index (κ1) is 53.2. The Labute approximate surface area is 405 Å². The van der Waals surface area contributed by atoms with Crippen molar-refractivity contribution in [3.8, 4) is 0 Å². The van der Waals surface area contributed by atoms with Gasteiger partial charge in [-0.15, -0.1) is 6.58 Å². The number of benzene rings is 1. The van der Waals surface area contributed by atoms with E-state index in [1.165, 1.54) is 15.8 Å². The summed E-state index contributed by atoms with van der Waals surface area (Å²) in [5.41, 5.74) is 4.20. The number of aromatic nitrogens is 1. The number of anilines is 1. The molecule has 13 atom stereocenters. The number of aliphatic hydroxyl groups is 1. The summed E-state index contributed by atoms with van der Waals surface area (Å²) >= 11 is 0. The van der Waals surface area contributed by atoms with Gasteiger partial charge in [-0.05, 0) is 138 Å². The van der Waals surface area contributed by atoms with Gasteiger partial charge in [-0.25, -0.2) is 4.79 Å². The maximum Gasteiger partial charge on any atom is 0.329 e. The number of carbonyl (C=O) groups excluding carboxylic acids is 4. The van der Waals surface area contributed by atoms with Crippen LogP contribution >= 0.6 is 0 Å². The molecule has 13 unspecified atom stereocenters. The summed E-state index contributed by atoms with van der Waals surface area (Å²) < 4.78 is 33.1. The number of ketones is 2. The van der Waals surface area contributed by atoms with Gasteiger partial charge < -0.3 is 43.6 Å². The fourth-order valence-corrected chi connectivity index (χ4v) is 11.6. The number of carbonyl (C=O) groups is 4. The minimum Gasteiger partial charge on any atom is -0.456 e. The average Bonchev–Trinajstić information content (AvgIpc) is 3.73. The number of nitrogens with one attached hydrogen (secondary N) is 1. The highest BCUT2D eigenvalue weighted by molar-refractivity contribution is 6.39. The van der Waals surface area contributed by atoms with Crippen LogP contribution in [-0.4, -0.2) is 114 Å². The maximum atomic E-state index is 14.6. The zero-order valence-corrected chi connectivity index (χ0v) is 42.4. The van der Waals surface area contributed by atoms with E-state index >= 15 is 0 Å². The molecule has 1 aliphatic carbocycles. The third-order valence-electron chi connectivity index (χ3n) is 15.4. The first-order chi connectivity index (χ1) is 32.5. The van der Waals surface area contributed by atoms with Crippen LogP contribution in [0.25, 0.3) is 10.9 Å². The van der Waals surface area contributed by atoms with Gasteiger partial charge in [0.25, 0.3) is 11.7 Å². The van der Waals surface area contributed by atoms with E-state index in [9.17, 15) is 24.3 Å². The van der Waals surface area contributed by atoms with E-state index in [-0.39, 0.29) is 61.0 Å². The molecule has 6 rings (SSSR count). The molecule has 2 saturated heterocycles. The molecule has 0 spiro atoms. The van der Waals surface area contributed by atoms with Crippen molar-refractivity contribution in [2.24, 2.45) is 29.6 Å². The first-order valence-electron chi connectivity index (χ1n) is 25.4. The third-order valence-corrected chi connectivity index (χ3v) is 15.4. The Balaban J connectivity index is 1.28. The van der Waals surface area contributed by atoms with Gasteiger partial charge in [0.2, 0.25) is 5.79 Å². The van der Waals surface area contributed by atoms with Crippen LogP contribution in [0.2, 0.25) is 0 Å². The van der Waals surface area contributed by atoms with Crippen molar-refractivity contribution < 1.29 is 48.0 Å². The molecule has 1 saturated carbocycles. The molecule has 13 heteroatoms. The molecule has 4 heterocycles. The highest BCUT2D eigenvalue weighted by Gasteiger charge is 2.56. The van der Waals surface area contributed by atoms with Crippen molar-refractivity contribution in [1.29, 1.82) is 0 Å². The number of methoxy groups -OCH3 is 3. The molecule has 1 amide bonds. The van der Waals surface area contributed by atoms with Crippen LogP contribution in [0, 0.1) is 29.6 Å². The lowest BCUT2D eigenvalue weighted by molar-refractivity contribution is -0.302. The largest absolute Gasteiger partial charge is 0.456 e. The van der Waals surface area contributed by atoms with Crippen molar-refractivity contribution in [2.45, 2.75) is 180 Å². The Bertz CT molecular complexity index is 2130. The molecule has 376 valence electrons. The third kappa shape index (κ3) is 12.4. The summed E-state index contributed by atoms with van der Waals surface area (Å²) in [6.07, 6.45) is 13.2. The van der Waals surface area contributed by atoms with Crippen LogP contribution in [0.5, 0.6) is 0 Å².